The van der Waals surface area contributed by atoms with Gasteiger partial charge in [0.15, 0.2) is 4.96 Å². The maximum atomic E-state index is 5.97. The van der Waals surface area contributed by atoms with Crippen LogP contribution in [0.4, 0.5) is 0 Å². The minimum Gasteiger partial charge on any atom is -0.325 e. The summed E-state index contributed by atoms with van der Waals surface area (Å²) >= 11 is 1.69. The van der Waals surface area contributed by atoms with Crippen molar-refractivity contribution in [2.75, 3.05) is 0 Å². The van der Waals surface area contributed by atoms with Gasteiger partial charge in [-0.2, -0.15) is 0 Å². The number of hydrogen-bond acceptors (Lipinski definition) is 3. The van der Waals surface area contributed by atoms with Gasteiger partial charge in [-0.15, -0.1) is 11.3 Å². The molecule has 0 aliphatic rings. The Balaban J connectivity index is 1.77. The predicted octanol–water partition coefficient (Wildman–Crippen LogP) is 4.50. The SMILES string of the molecule is Cc1cn2c(CN)c(-c3ccc(-c4ccccc4)cc3)nc2s1. The maximum absolute atomic E-state index is 5.97. The molecule has 0 bridgehead atoms. The molecular weight excluding hydrogens is 302 g/mol. The summed E-state index contributed by atoms with van der Waals surface area (Å²) in [6, 6.07) is 18.9. The number of hydrogen-bond donors (Lipinski definition) is 1. The normalized spacial score (nSPS) is 11.2. The standard InChI is InChI=1S/C19H17N3S/c1-13-12-22-17(11-20)18(21-19(22)23-13)16-9-7-15(8-10-16)14-5-3-2-4-6-14/h2-10,12H,11,20H2,1H3. The zero-order chi connectivity index (χ0) is 15.8. The number of imidazole rings is 1. The van der Waals surface area contributed by atoms with Gasteiger partial charge in [0.1, 0.15) is 0 Å². The molecule has 0 spiro atoms. The number of nitrogens with two attached hydrogens (primary N) is 1. The molecule has 0 amide bonds. The van der Waals surface area contributed by atoms with E-state index >= 15 is 0 Å². The van der Waals surface area contributed by atoms with Gasteiger partial charge in [-0.05, 0) is 18.1 Å². The number of fused-ring (bicyclic) bond motifs is 1. The fraction of sp³-hybridized carbons (Fsp3) is 0.105. The molecule has 0 saturated carbocycles. The van der Waals surface area contributed by atoms with Crippen LogP contribution >= 0.6 is 11.3 Å². The molecule has 0 aliphatic heterocycles. The summed E-state index contributed by atoms with van der Waals surface area (Å²) in [6.45, 7) is 2.57. The van der Waals surface area contributed by atoms with Gasteiger partial charge in [0.25, 0.3) is 0 Å². The largest absolute Gasteiger partial charge is 0.325 e. The molecule has 2 heterocycles. The van der Waals surface area contributed by atoms with Crippen molar-refractivity contribution in [3.05, 3.63) is 71.4 Å². The van der Waals surface area contributed by atoms with Gasteiger partial charge in [0.2, 0.25) is 0 Å². The third-order valence-corrected chi connectivity index (χ3v) is 4.90. The molecule has 0 unspecified atom stereocenters. The van der Waals surface area contributed by atoms with Gasteiger partial charge in [-0.3, -0.25) is 4.40 Å². The highest BCUT2D eigenvalue weighted by Crippen LogP contribution is 2.29. The van der Waals surface area contributed by atoms with E-state index in [1.54, 1.807) is 11.3 Å². The second-order valence-corrected chi connectivity index (χ2v) is 6.76. The molecule has 23 heavy (non-hydrogen) atoms. The number of nitrogens with zero attached hydrogens (tertiary/aromatic N) is 2. The fourth-order valence-electron chi connectivity index (χ4n) is 2.88. The first-order chi connectivity index (χ1) is 11.3. The first-order valence-electron chi connectivity index (χ1n) is 7.59. The van der Waals surface area contributed by atoms with E-state index in [2.05, 4.69) is 66.1 Å². The van der Waals surface area contributed by atoms with Crippen LogP contribution in [-0.2, 0) is 6.54 Å². The quantitative estimate of drug-likeness (QED) is 0.604. The second kappa shape index (κ2) is 5.65. The first kappa shape index (κ1) is 14.2. The van der Waals surface area contributed by atoms with E-state index in [1.807, 2.05) is 6.07 Å². The molecule has 3 nitrogen and oxygen atoms in total. The van der Waals surface area contributed by atoms with Gasteiger partial charge in [-0.1, -0.05) is 54.6 Å². The van der Waals surface area contributed by atoms with Gasteiger partial charge < -0.3 is 5.73 Å². The maximum Gasteiger partial charge on any atom is 0.194 e. The monoisotopic (exact) mass is 319 g/mol. The zero-order valence-electron chi connectivity index (χ0n) is 12.9. The summed E-state index contributed by atoms with van der Waals surface area (Å²) in [5.41, 5.74) is 11.6. The molecule has 0 saturated heterocycles. The van der Waals surface area contributed by atoms with E-state index in [-0.39, 0.29) is 0 Å². The Bertz CT molecular complexity index is 950. The highest BCUT2D eigenvalue weighted by Gasteiger charge is 2.14. The lowest BCUT2D eigenvalue weighted by Gasteiger charge is -2.05. The van der Waals surface area contributed by atoms with Crippen molar-refractivity contribution in [1.82, 2.24) is 9.38 Å². The Hall–Kier alpha value is -2.43. The van der Waals surface area contributed by atoms with Crippen LogP contribution in [0.5, 0.6) is 0 Å². The summed E-state index contributed by atoms with van der Waals surface area (Å²) in [5, 5.41) is 0. The topological polar surface area (TPSA) is 43.3 Å². The molecule has 0 radical (unpaired) electrons. The van der Waals surface area contributed by atoms with Crippen LogP contribution in [0.3, 0.4) is 0 Å². The Morgan fingerprint density at radius 3 is 2.30 bits per heavy atom. The van der Waals surface area contributed by atoms with Crippen LogP contribution in [0.2, 0.25) is 0 Å². The van der Waals surface area contributed by atoms with Crippen molar-refractivity contribution in [1.29, 1.82) is 0 Å². The number of aromatic nitrogens is 2. The van der Waals surface area contributed by atoms with E-state index in [0.29, 0.717) is 6.54 Å². The highest BCUT2D eigenvalue weighted by molar-refractivity contribution is 7.17. The lowest BCUT2D eigenvalue weighted by Crippen LogP contribution is -2.01. The Labute approximate surface area is 139 Å². The molecule has 2 aromatic heterocycles. The van der Waals surface area contributed by atoms with Gasteiger partial charge in [0.05, 0.1) is 11.4 Å². The number of aryl methyl sites for hydroxylation is 1. The molecule has 2 aromatic carbocycles. The molecule has 0 atom stereocenters. The average molecular weight is 319 g/mol. The lowest BCUT2D eigenvalue weighted by molar-refractivity contribution is 0.967. The highest BCUT2D eigenvalue weighted by atomic mass is 32.1. The van der Waals surface area contributed by atoms with Crippen LogP contribution in [0, 0.1) is 6.92 Å². The molecule has 0 fully saturated rings. The predicted molar refractivity (Wildman–Crippen MR) is 96.6 cm³/mol. The van der Waals surface area contributed by atoms with Gasteiger partial charge >= 0.3 is 0 Å². The van der Waals surface area contributed by atoms with Crippen molar-refractivity contribution >= 4 is 16.3 Å². The summed E-state index contributed by atoms with van der Waals surface area (Å²) in [4.78, 5) is 7.03. The van der Waals surface area contributed by atoms with Crippen LogP contribution in [-0.4, -0.2) is 9.38 Å². The molecule has 4 aromatic rings. The molecule has 2 N–H and O–H groups in total. The Morgan fingerprint density at radius 2 is 1.61 bits per heavy atom. The average Bonchev–Trinajstić information content (AvgIpc) is 3.11. The van der Waals surface area contributed by atoms with Crippen LogP contribution in [0.25, 0.3) is 27.3 Å². The fourth-order valence-corrected chi connectivity index (χ4v) is 3.72. The van der Waals surface area contributed by atoms with E-state index < -0.39 is 0 Å². The van der Waals surface area contributed by atoms with Crippen LogP contribution in [0.1, 0.15) is 10.6 Å². The van der Waals surface area contributed by atoms with Crippen molar-refractivity contribution < 1.29 is 0 Å². The molecule has 4 heteroatoms. The van der Waals surface area contributed by atoms with Gasteiger partial charge in [-0.25, -0.2) is 4.98 Å². The Morgan fingerprint density at radius 1 is 0.957 bits per heavy atom. The summed E-state index contributed by atoms with van der Waals surface area (Å²) in [5.74, 6) is 0. The van der Waals surface area contributed by atoms with E-state index in [9.17, 15) is 0 Å². The molecule has 4 rings (SSSR count). The van der Waals surface area contributed by atoms with E-state index in [4.69, 9.17) is 10.7 Å². The van der Waals surface area contributed by atoms with Crippen molar-refractivity contribution in [3.63, 3.8) is 0 Å². The number of thiazole rings is 1. The van der Waals surface area contributed by atoms with E-state index in [0.717, 1.165) is 21.9 Å². The van der Waals surface area contributed by atoms with Crippen molar-refractivity contribution in [2.45, 2.75) is 13.5 Å². The minimum atomic E-state index is 0.479. The van der Waals surface area contributed by atoms with E-state index in [1.165, 1.54) is 16.0 Å². The summed E-state index contributed by atoms with van der Waals surface area (Å²) in [7, 11) is 0. The molecule has 114 valence electrons. The molecular formula is C19H17N3S. The minimum absolute atomic E-state index is 0.479. The van der Waals surface area contributed by atoms with Gasteiger partial charge in [0, 0.05) is 23.2 Å². The number of benzene rings is 2. The second-order valence-electron chi connectivity index (χ2n) is 5.55. The van der Waals surface area contributed by atoms with Crippen molar-refractivity contribution in [2.24, 2.45) is 5.73 Å². The summed E-state index contributed by atoms with van der Waals surface area (Å²) in [6.07, 6.45) is 2.11. The van der Waals surface area contributed by atoms with Crippen LogP contribution in [0.15, 0.2) is 60.8 Å². The van der Waals surface area contributed by atoms with Crippen molar-refractivity contribution in [3.8, 4) is 22.4 Å². The lowest BCUT2D eigenvalue weighted by atomic mass is 10.0. The smallest absolute Gasteiger partial charge is 0.194 e. The van der Waals surface area contributed by atoms with Crippen LogP contribution < -0.4 is 5.73 Å². The third kappa shape index (κ3) is 2.46. The zero-order valence-corrected chi connectivity index (χ0v) is 13.7. The first-order valence-corrected chi connectivity index (χ1v) is 8.41. The Kier molecular flexibility index (Phi) is 3.48. The number of rotatable bonds is 3. The third-order valence-electron chi connectivity index (χ3n) is 4.00. The summed E-state index contributed by atoms with van der Waals surface area (Å²) < 4.78 is 2.11. The molecule has 0 aliphatic carbocycles.